The zero-order valence-corrected chi connectivity index (χ0v) is 19.2. The maximum Gasteiger partial charge on any atom is 0.187 e. The van der Waals surface area contributed by atoms with Crippen LogP contribution < -0.4 is 5.01 Å². The number of rotatable bonds is 3. The SMILES string of the molecule is CC1(C)OC(=C(C#N)C#N)C(C#N)=C1/C=C/c1c(F)c(F)c(N2N=NC3C4CCC(C4)C32)c(F)c1F. The van der Waals surface area contributed by atoms with E-state index in [1.54, 1.807) is 12.1 Å². The summed E-state index contributed by atoms with van der Waals surface area (Å²) in [6.07, 6.45) is 4.50. The van der Waals surface area contributed by atoms with Crippen LogP contribution in [0, 0.1) is 69.1 Å². The maximum absolute atomic E-state index is 15.2. The van der Waals surface area contributed by atoms with Crippen molar-refractivity contribution in [3.63, 3.8) is 0 Å². The van der Waals surface area contributed by atoms with Gasteiger partial charge in [0.1, 0.15) is 35.1 Å². The average molecular weight is 494 g/mol. The molecule has 0 saturated heterocycles. The van der Waals surface area contributed by atoms with Crippen molar-refractivity contribution in [3.8, 4) is 18.2 Å². The minimum atomic E-state index is -1.62. The van der Waals surface area contributed by atoms with Crippen LogP contribution in [-0.2, 0) is 4.74 Å². The first-order valence-electron chi connectivity index (χ1n) is 11.3. The highest BCUT2D eigenvalue weighted by Crippen LogP contribution is 2.52. The summed E-state index contributed by atoms with van der Waals surface area (Å²) in [6, 6.07) is 4.38. The normalized spacial score (nSPS) is 27.3. The molecule has 2 aliphatic heterocycles. The summed E-state index contributed by atoms with van der Waals surface area (Å²) in [6.45, 7) is 3.01. The van der Waals surface area contributed by atoms with Crippen LogP contribution in [0.2, 0.25) is 0 Å². The zero-order valence-electron chi connectivity index (χ0n) is 19.2. The number of nitrogens with zero attached hydrogens (tertiary/aromatic N) is 6. The van der Waals surface area contributed by atoms with Crippen molar-refractivity contribution in [3.05, 3.63) is 57.4 Å². The summed E-state index contributed by atoms with van der Waals surface area (Å²) >= 11 is 0. The Labute approximate surface area is 203 Å². The van der Waals surface area contributed by atoms with Crippen LogP contribution in [-0.4, -0.2) is 17.7 Å². The Hall–Kier alpha value is -4.17. The minimum absolute atomic E-state index is 0.0739. The highest BCUT2D eigenvalue weighted by molar-refractivity contribution is 5.66. The summed E-state index contributed by atoms with van der Waals surface area (Å²) < 4.78 is 66.2. The number of ether oxygens (including phenoxy) is 1. The Bertz CT molecular complexity index is 1390. The van der Waals surface area contributed by atoms with Gasteiger partial charge >= 0.3 is 0 Å². The molecule has 7 nitrogen and oxygen atoms in total. The van der Waals surface area contributed by atoms with Gasteiger partial charge in [-0.3, -0.25) is 0 Å². The first-order chi connectivity index (χ1) is 17.1. The van der Waals surface area contributed by atoms with Crippen molar-refractivity contribution >= 4 is 11.8 Å². The van der Waals surface area contributed by atoms with E-state index in [1.807, 2.05) is 6.07 Å². The lowest BCUT2D eigenvalue weighted by Gasteiger charge is -2.29. The number of hydrogen-bond donors (Lipinski definition) is 0. The van der Waals surface area contributed by atoms with E-state index in [-0.39, 0.29) is 34.8 Å². The molecule has 2 aliphatic carbocycles. The Morgan fingerprint density at radius 1 is 1.00 bits per heavy atom. The van der Waals surface area contributed by atoms with Gasteiger partial charge in [0.05, 0.1) is 17.6 Å². The zero-order chi connectivity index (χ0) is 25.9. The summed E-state index contributed by atoms with van der Waals surface area (Å²) in [5.74, 6) is -6.37. The van der Waals surface area contributed by atoms with Crippen molar-refractivity contribution in [2.24, 2.45) is 22.2 Å². The number of allylic oxidation sites excluding steroid dienone is 2. The van der Waals surface area contributed by atoms with E-state index in [1.165, 1.54) is 13.8 Å². The molecule has 0 N–H and O–H groups in total. The molecule has 4 unspecified atom stereocenters. The average Bonchev–Trinajstić information content (AvgIpc) is 3.61. The minimum Gasteiger partial charge on any atom is -0.480 e. The summed E-state index contributed by atoms with van der Waals surface area (Å²) in [4.78, 5) is 0. The molecule has 0 amide bonds. The van der Waals surface area contributed by atoms with Gasteiger partial charge in [0, 0.05) is 5.57 Å². The number of anilines is 1. The van der Waals surface area contributed by atoms with E-state index in [0.717, 1.165) is 36.4 Å². The van der Waals surface area contributed by atoms with Gasteiger partial charge in [0.15, 0.2) is 34.6 Å². The number of fused-ring (bicyclic) bond motifs is 5. The summed E-state index contributed by atoms with van der Waals surface area (Å²) in [7, 11) is 0. The lowest BCUT2D eigenvalue weighted by Crippen LogP contribution is -2.40. The third-order valence-electron chi connectivity index (χ3n) is 7.38. The Balaban J connectivity index is 1.57. The van der Waals surface area contributed by atoms with Gasteiger partial charge in [-0.15, -0.1) is 0 Å². The quantitative estimate of drug-likeness (QED) is 0.311. The van der Waals surface area contributed by atoms with Crippen molar-refractivity contribution < 1.29 is 22.3 Å². The molecule has 4 aliphatic rings. The molecular weight excluding hydrogens is 476 g/mol. The van der Waals surface area contributed by atoms with E-state index in [4.69, 9.17) is 15.3 Å². The third-order valence-corrected chi connectivity index (χ3v) is 7.38. The molecule has 182 valence electrons. The van der Waals surface area contributed by atoms with Crippen LogP contribution in [0.4, 0.5) is 23.2 Å². The van der Waals surface area contributed by atoms with Crippen molar-refractivity contribution in [2.45, 2.75) is 50.8 Å². The highest BCUT2D eigenvalue weighted by atomic mass is 19.2. The van der Waals surface area contributed by atoms with Crippen molar-refractivity contribution in [2.75, 3.05) is 5.01 Å². The van der Waals surface area contributed by atoms with E-state index in [0.29, 0.717) is 0 Å². The molecule has 0 aromatic heterocycles. The molecule has 0 radical (unpaired) electrons. The maximum atomic E-state index is 15.2. The van der Waals surface area contributed by atoms with Gasteiger partial charge in [-0.05, 0) is 51.0 Å². The van der Waals surface area contributed by atoms with E-state index in [9.17, 15) is 5.26 Å². The molecule has 2 heterocycles. The van der Waals surface area contributed by atoms with Crippen LogP contribution in [0.5, 0.6) is 0 Å². The second kappa shape index (κ2) is 8.20. The monoisotopic (exact) mass is 494 g/mol. The Morgan fingerprint density at radius 2 is 1.64 bits per heavy atom. The highest BCUT2D eigenvalue weighted by Gasteiger charge is 2.54. The van der Waals surface area contributed by atoms with Gasteiger partial charge < -0.3 is 4.74 Å². The lowest BCUT2D eigenvalue weighted by atomic mass is 9.90. The van der Waals surface area contributed by atoms with Crippen LogP contribution in [0.1, 0.15) is 38.7 Å². The molecule has 36 heavy (non-hydrogen) atoms. The number of nitriles is 3. The molecule has 2 bridgehead atoms. The standard InChI is InChI=1S/C25H18F4N6O/c1-25(2)16(15(10-32)24(36-25)13(8-30)9-31)6-5-14-17(26)19(28)23(20(29)18(14)27)35-22-12-4-3-11(7-12)21(22)33-34-35/h5-6,11-12,21-22H,3-4,7H2,1-2H3/b6-5+. The first kappa shape index (κ1) is 23.6. The molecule has 2 saturated carbocycles. The van der Waals surface area contributed by atoms with E-state index >= 15 is 17.6 Å². The topological polar surface area (TPSA) is 109 Å². The molecule has 1 aromatic carbocycles. The molecule has 2 fully saturated rings. The smallest absolute Gasteiger partial charge is 0.187 e. The van der Waals surface area contributed by atoms with Gasteiger partial charge in [-0.1, -0.05) is 11.3 Å². The predicted octanol–water partition coefficient (Wildman–Crippen LogP) is 5.54. The summed E-state index contributed by atoms with van der Waals surface area (Å²) in [5, 5.41) is 36.8. The molecule has 1 aromatic rings. The fraction of sp³-hybridized carbons (Fsp3) is 0.400. The third kappa shape index (κ3) is 3.21. The van der Waals surface area contributed by atoms with E-state index in [2.05, 4.69) is 10.3 Å². The van der Waals surface area contributed by atoms with Crippen molar-refractivity contribution in [1.82, 2.24) is 0 Å². The van der Waals surface area contributed by atoms with Gasteiger partial charge in [-0.2, -0.15) is 20.9 Å². The first-order valence-corrected chi connectivity index (χ1v) is 11.3. The number of halogens is 4. The fourth-order valence-corrected chi connectivity index (χ4v) is 5.74. The van der Waals surface area contributed by atoms with Gasteiger partial charge in [-0.25, -0.2) is 22.6 Å². The Morgan fingerprint density at radius 3 is 2.25 bits per heavy atom. The van der Waals surface area contributed by atoms with Gasteiger partial charge in [0.25, 0.3) is 0 Å². The number of hydrogen-bond acceptors (Lipinski definition) is 7. The second-order valence-electron chi connectivity index (χ2n) is 9.66. The Kier molecular flexibility index (Phi) is 5.37. The van der Waals surface area contributed by atoms with Crippen LogP contribution in [0.3, 0.4) is 0 Å². The second-order valence-corrected chi connectivity index (χ2v) is 9.66. The molecule has 5 rings (SSSR count). The lowest BCUT2D eigenvalue weighted by molar-refractivity contribution is 0.0954. The van der Waals surface area contributed by atoms with Crippen molar-refractivity contribution in [1.29, 1.82) is 15.8 Å². The molecular formula is C25H18F4N6O. The molecule has 11 heteroatoms. The predicted molar refractivity (Wildman–Crippen MR) is 117 cm³/mol. The van der Waals surface area contributed by atoms with Crippen LogP contribution in [0.15, 0.2) is 38.9 Å². The largest absolute Gasteiger partial charge is 0.480 e. The fourth-order valence-electron chi connectivity index (χ4n) is 5.74. The van der Waals surface area contributed by atoms with Crippen LogP contribution >= 0.6 is 0 Å². The van der Waals surface area contributed by atoms with E-state index < -0.39 is 51.7 Å². The van der Waals surface area contributed by atoms with Gasteiger partial charge in [0.2, 0.25) is 0 Å². The molecule has 4 atom stereocenters. The molecule has 0 spiro atoms. The van der Waals surface area contributed by atoms with Crippen LogP contribution in [0.25, 0.3) is 6.08 Å². The number of benzene rings is 1. The summed E-state index contributed by atoms with van der Waals surface area (Å²) in [5.41, 5.74) is -3.76.